The van der Waals surface area contributed by atoms with Gasteiger partial charge >= 0.3 is 12.2 Å². The van der Waals surface area contributed by atoms with Crippen LogP contribution in [0.4, 0.5) is 9.59 Å². The van der Waals surface area contributed by atoms with Crippen molar-refractivity contribution < 1.29 is 28.7 Å². The first-order chi connectivity index (χ1) is 18.8. The smallest absolute Gasteiger partial charge is 0.419 e. The summed E-state index contributed by atoms with van der Waals surface area (Å²) < 4.78 is 12.9. The third kappa shape index (κ3) is 5.56. The summed E-state index contributed by atoms with van der Waals surface area (Å²) in [6.07, 6.45) is 1.04. The van der Waals surface area contributed by atoms with Gasteiger partial charge in [-0.3, -0.25) is 9.63 Å². The van der Waals surface area contributed by atoms with E-state index in [-0.39, 0.29) is 24.5 Å². The molecule has 0 saturated carbocycles. The summed E-state index contributed by atoms with van der Waals surface area (Å²) >= 11 is 0. The fourth-order valence-electron chi connectivity index (χ4n) is 5.43. The Morgan fingerprint density at radius 1 is 0.950 bits per heavy atom. The van der Waals surface area contributed by atoms with E-state index in [0.717, 1.165) is 29.5 Å². The Kier molecular flexibility index (Phi) is 7.12. The van der Waals surface area contributed by atoms with E-state index in [9.17, 15) is 14.4 Å². The van der Waals surface area contributed by atoms with Crippen molar-refractivity contribution in [1.29, 1.82) is 0 Å². The van der Waals surface area contributed by atoms with Gasteiger partial charge < -0.3 is 14.4 Å². The Hall–Kier alpha value is -3.85. The fourth-order valence-corrected chi connectivity index (χ4v) is 5.43. The van der Waals surface area contributed by atoms with Crippen LogP contribution in [0.1, 0.15) is 81.8 Å². The molecule has 3 heterocycles. The number of carbonyl (C=O) groups excluding carboxylic acids is 3. The number of hydrogen-bond donors (Lipinski definition) is 1. The second-order valence-electron chi connectivity index (χ2n) is 12.4. The van der Waals surface area contributed by atoms with Crippen molar-refractivity contribution in [2.45, 2.75) is 78.1 Å². The van der Waals surface area contributed by atoms with Crippen LogP contribution >= 0.6 is 0 Å². The molecule has 0 aliphatic carbocycles. The zero-order valence-corrected chi connectivity index (χ0v) is 24.0. The normalized spacial score (nSPS) is 17.8. The molecule has 1 aromatic heterocycles. The van der Waals surface area contributed by atoms with Gasteiger partial charge in [0.05, 0.1) is 16.8 Å². The molecular weight excluding hydrogens is 510 g/mol. The molecule has 0 radical (unpaired) electrons. The first-order valence-electron chi connectivity index (χ1n) is 13.7. The van der Waals surface area contributed by atoms with Gasteiger partial charge in [-0.15, -0.1) is 0 Å². The topological polar surface area (TPSA) is 99.1 Å². The summed E-state index contributed by atoms with van der Waals surface area (Å²) in [7, 11) is 0. The van der Waals surface area contributed by atoms with Crippen molar-refractivity contribution in [2.75, 3.05) is 13.1 Å². The number of aromatic nitrogens is 1. The first-order valence-corrected chi connectivity index (χ1v) is 13.7. The lowest BCUT2D eigenvalue weighted by Gasteiger charge is -2.34. The Morgan fingerprint density at radius 3 is 2.30 bits per heavy atom. The third-order valence-electron chi connectivity index (χ3n) is 7.03. The molecule has 0 bridgehead atoms. The number of piperidine rings is 1. The molecule has 5 rings (SSSR count). The molecule has 0 spiro atoms. The highest BCUT2D eigenvalue weighted by atomic mass is 16.7. The number of likely N-dealkylation sites (tertiary alicyclic amines) is 1. The van der Waals surface area contributed by atoms with Crippen molar-refractivity contribution in [1.82, 2.24) is 14.9 Å². The first kappa shape index (κ1) is 27.7. The van der Waals surface area contributed by atoms with E-state index < -0.39 is 17.3 Å². The van der Waals surface area contributed by atoms with Crippen LogP contribution in [0.25, 0.3) is 22.2 Å². The van der Waals surface area contributed by atoms with E-state index in [0.29, 0.717) is 35.2 Å². The van der Waals surface area contributed by atoms with Crippen LogP contribution < -0.4 is 5.48 Å². The zero-order chi connectivity index (χ0) is 28.8. The van der Waals surface area contributed by atoms with Gasteiger partial charge in [0.15, 0.2) is 0 Å². The van der Waals surface area contributed by atoms with Crippen LogP contribution in [0, 0.1) is 0 Å². The summed E-state index contributed by atoms with van der Waals surface area (Å²) in [6.45, 7) is 12.4. The average Bonchev–Trinajstić information content (AvgIpc) is 3.11. The van der Waals surface area contributed by atoms with Crippen molar-refractivity contribution in [3.05, 3.63) is 59.2 Å². The van der Waals surface area contributed by atoms with Gasteiger partial charge in [-0.25, -0.2) is 19.6 Å². The Bertz CT molecular complexity index is 1460. The van der Waals surface area contributed by atoms with Crippen molar-refractivity contribution in [3.63, 3.8) is 0 Å². The van der Waals surface area contributed by atoms with Gasteiger partial charge in [-0.1, -0.05) is 30.3 Å². The molecule has 0 unspecified atom stereocenters. The lowest BCUT2D eigenvalue weighted by atomic mass is 9.90. The average molecular weight is 548 g/mol. The SMILES string of the molecule is CC(C)(C)OC(=O)N1CCC[C@H](c2ccc(-c3c4c5c(cccc5n3C(=O)OC(C)(C)C)C(=O)NOC4)cc2)C1. The predicted octanol–water partition coefficient (Wildman–Crippen LogP) is 6.38. The highest BCUT2D eigenvalue weighted by Gasteiger charge is 2.32. The summed E-state index contributed by atoms with van der Waals surface area (Å²) in [4.78, 5) is 46.3. The van der Waals surface area contributed by atoms with Gasteiger partial charge in [0.2, 0.25) is 0 Å². The standard InChI is InChI=1S/C31H37N3O6/c1-30(2,3)39-28(36)33-16-8-9-21(17-33)19-12-14-20(15-13-19)26-23-18-38-32-27(35)22-10-7-11-24(25(22)23)34(26)29(37)40-31(4,5)6/h7,10-15,21H,8-9,16-18H2,1-6H3,(H,32,35)/t21-/m0/s1. The lowest BCUT2D eigenvalue weighted by Crippen LogP contribution is -2.42. The third-order valence-corrected chi connectivity index (χ3v) is 7.03. The van der Waals surface area contributed by atoms with E-state index in [1.54, 1.807) is 21.6 Å². The molecule has 1 atom stereocenters. The molecule has 2 amide bonds. The van der Waals surface area contributed by atoms with Gasteiger partial charge in [0.1, 0.15) is 17.8 Å². The number of amides is 2. The van der Waals surface area contributed by atoms with Crippen molar-refractivity contribution in [3.8, 4) is 11.3 Å². The quantitative estimate of drug-likeness (QED) is 0.400. The highest BCUT2D eigenvalue weighted by molar-refractivity contribution is 6.12. The Labute approximate surface area is 234 Å². The van der Waals surface area contributed by atoms with Crippen LogP contribution in [0.2, 0.25) is 0 Å². The van der Waals surface area contributed by atoms with Crippen molar-refractivity contribution in [2.24, 2.45) is 0 Å². The summed E-state index contributed by atoms with van der Waals surface area (Å²) in [5, 5.41) is 0.669. The number of benzene rings is 2. The molecule has 9 heteroatoms. The molecule has 40 heavy (non-hydrogen) atoms. The molecule has 1 N–H and O–H groups in total. The largest absolute Gasteiger partial charge is 0.444 e. The number of carbonyl (C=O) groups is 3. The molecule has 212 valence electrons. The minimum Gasteiger partial charge on any atom is -0.444 e. The van der Waals surface area contributed by atoms with E-state index in [4.69, 9.17) is 14.3 Å². The Morgan fingerprint density at radius 2 is 1.62 bits per heavy atom. The van der Waals surface area contributed by atoms with E-state index in [1.807, 2.05) is 71.9 Å². The fraction of sp³-hybridized carbons (Fsp3) is 0.452. The molecule has 1 saturated heterocycles. The number of hydrogen-bond acceptors (Lipinski definition) is 6. The number of hydroxylamine groups is 1. The summed E-state index contributed by atoms with van der Waals surface area (Å²) in [5.41, 5.74) is 5.51. The van der Waals surface area contributed by atoms with Crippen molar-refractivity contribution >= 4 is 29.0 Å². The second kappa shape index (κ2) is 10.3. The summed E-state index contributed by atoms with van der Waals surface area (Å²) in [5.74, 6) is -0.190. The highest BCUT2D eigenvalue weighted by Crippen LogP contribution is 2.39. The number of ether oxygens (including phenoxy) is 2. The molecule has 1 fully saturated rings. The monoisotopic (exact) mass is 547 g/mol. The molecule has 2 aromatic carbocycles. The minimum atomic E-state index is -0.710. The molecule has 9 nitrogen and oxygen atoms in total. The van der Waals surface area contributed by atoms with E-state index in [1.165, 1.54) is 0 Å². The lowest BCUT2D eigenvalue weighted by molar-refractivity contribution is 0.0197. The summed E-state index contributed by atoms with van der Waals surface area (Å²) in [6, 6.07) is 13.3. The molecule has 2 aliphatic heterocycles. The van der Waals surface area contributed by atoms with Gasteiger partial charge in [-0.2, -0.15) is 0 Å². The maximum absolute atomic E-state index is 13.6. The zero-order valence-electron chi connectivity index (χ0n) is 24.0. The maximum atomic E-state index is 13.6. The van der Waals surface area contributed by atoms with Gasteiger partial charge in [-0.05, 0) is 77.6 Å². The van der Waals surface area contributed by atoms with Gasteiger partial charge in [0, 0.05) is 30.0 Å². The van der Waals surface area contributed by atoms with Crippen LogP contribution in [-0.4, -0.2) is 51.9 Å². The van der Waals surface area contributed by atoms with E-state index >= 15 is 0 Å². The van der Waals surface area contributed by atoms with Crippen LogP contribution in [-0.2, 0) is 20.9 Å². The Balaban J connectivity index is 1.53. The van der Waals surface area contributed by atoms with Crippen LogP contribution in [0.5, 0.6) is 0 Å². The van der Waals surface area contributed by atoms with Crippen LogP contribution in [0.15, 0.2) is 42.5 Å². The number of nitrogens with zero attached hydrogens (tertiary/aromatic N) is 2. The van der Waals surface area contributed by atoms with E-state index in [2.05, 4.69) is 5.48 Å². The maximum Gasteiger partial charge on any atom is 0.419 e. The number of nitrogens with one attached hydrogen (secondary N) is 1. The molecule has 2 aliphatic rings. The predicted molar refractivity (Wildman–Crippen MR) is 151 cm³/mol. The minimum absolute atomic E-state index is 0.0968. The van der Waals surface area contributed by atoms with Gasteiger partial charge in [0.25, 0.3) is 5.91 Å². The molecular formula is C31H37N3O6. The number of rotatable bonds is 2. The van der Waals surface area contributed by atoms with Crippen LogP contribution in [0.3, 0.4) is 0 Å². The second-order valence-corrected chi connectivity index (χ2v) is 12.4. The molecule has 3 aromatic rings.